The van der Waals surface area contributed by atoms with Crippen LogP contribution in [0.2, 0.25) is 0 Å². The van der Waals surface area contributed by atoms with Crippen molar-refractivity contribution in [3.63, 3.8) is 0 Å². The Labute approximate surface area is 145 Å². The second-order valence-corrected chi connectivity index (χ2v) is 5.67. The van der Waals surface area contributed by atoms with Gasteiger partial charge in [0.1, 0.15) is 0 Å². The van der Waals surface area contributed by atoms with Gasteiger partial charge in [-0.3, -0.25) is 9.78 Å². The summed E-state index contributed by atoms with van der Waals surface area (Å²) in [6.07, 6.45) is 5.23. The maximum Gasteiger partial charge on any atom is 0.356 e. The molecule has 9 heteroatoms. The van der Waals surface area contributed by atoms with Crippen LogP contribution in [-0.2, 0) is 12.8 Å². The lowest BCUT2D eigenvalue weighted by Gasteiger charge is -2.25. The Morgan fingerprint density at radius 3 is 2.70 bits per heavy atom. The van der Waals surface area contributed by atoms with E-state index in [1.54, 1.807) is 6.20 Å². The van der Waals surface area contributed by atoms with E-state index in [0.29, 0.717) is 6.42 Å². The molecule has 0 amide bonds. The quantitative estimate of drug-likeness (QED) is 0.760. The Kier molecular flexibility index (Phi) is 5.33. The van der Waals surface area contributed by atoms with E-state index in [2.05, 4.69) is 20.6 Å². The van der Waals surface area contributed by atoms with Crippen molar-refractivity contribution in [1.29, 1.82) is 0 Å². The number of hydrogen-bond acceptors (Lipinski definition) is 4. The van der Waals surface area contributed by atoms with Crippen molar-refractivity contribution in [3.05, 3.63) is 23.1 Å². The molecule has 1 aliphatic heterocycles. The lowest BCUT2D eigenvalue weighted by molar-refractivity contribution is 0.0687. The van der Waals surface area contributed by atoms with Crippen LogP contribution in [-0.4, -0.2) is 44.1 Å². The van der Waals surface area contributed by atoms with E-state index >= 15 is 0 Å². The summed E-state index contributed by atoms with van der Waals surface area (Å²) in [5.41, 5.74) is 4.10. The highest BCUT2D eigenvalue weighted by Crippen LogP contribution is 2.37. The normalized spacial score (nSPS) is 16.7. The highest BCUT2D eigenvalue weighted by molar-refractivity contribution is 5.90. The third kappa shape index (κ3) is 2.84. The molecule has 0 radical (unpaired) electrons. The van der Waals surface area contributed by atoms with Gasteiger partial charge in [-0.2, -0.15) is 10.2 Å². The number of halogens is 2. The number of fused-ring (bicyclic) bond motifs is 3. The Bertz CT molecular complexity index is 706. The van der Waals surface area contributed by atoms with Crippen LogP contribution in [0.15, 0.2) is 6.20 Å². The first-order chi connectivity index (χ1) is 10.3. The molecule has 0 atom stereocenters. The monoisotopic (exact) mass is 359 g/mol. The summed E-state index contributed by atoms with van der Waals surface area (Å²) < 4.78 is 1.94. The van der Waals surface area contributed by atoms with Crippen LogP contribution in [0, 0.1) is 0 Å². The molecule has 0 spiro atoms. The number of rotatable bonds is 2. The van der Waals surface area contributed by atoms with Gasteiger partial charge in [-0.05, 0) is 38.8 Å². The number of piperidine rings is 1. The molecule has 1 aliphatic carbocycles. The van der Waals surface area contributed by atoms with Crippen LogP contribution in [0.4, 0.5) is 0 Å². The lowest BCUT2D eigenvalue weighted by atomic mass is 9.93. The first kappa shape index (κ1) is 17.8. The summed E-state index contributed by atoms with van der Waals surface area (Å²) in [5, 5.41) is 24.3. The average molecular weight is 360 g/mol. The Balaban J connectivity index is 0.000000960. The van der Waals surface area contributed by atoms with Gasteiger partial charge in [-0.25, -0.2) is 4.79 Å². The van der Waals surface area contributed by atoms with Crippen LogP contribution < -0.4 is 5.32 Å². The van der Waals surface area contributed by atoms with Crippen molar-refractivity contribution in [3.8, 4) is 11.3 Å². The van der Waals surface area contributed by atoms with Crippen LogP contribution in [0.3, 0.4) is 0 Å². The fourth-order valence-corrected chi connectivity index (χ4v) is 3.44. The predicted octanol–water partition coefficient (Wildman–Crippen LogP) is 1.84. The molecule has 0 aromatic carbocycles. The van der Waals surface area contributed by atoms with Gasteiger partial charge in [0.15, 0.2) is 5.69 Å². The number of carbonyl (C=O) groups is 1. The summed E-state index contributed by atoms with van der Waals surface area (Å²) in [6, 6.07) is 0.258. The van der Waals surface area contributed by atoms with E-state index in [1.807, 2.05) is 4.68 Å². The number of hydrogen-bond donors (Lipinski definition) is 3. The molecule has 2 aromatic rings. The first-order valence-corrected chi connectivity index (χ1v) is 7.33. The number of carboxylic acids is 1. The topological polar surface area (TPSA) is 95.8 Å². The molecular weight excluding hydrogens is 341 g/mol. The number of aromatic nitrogens is 4. The van der Waals surface area contributed by atoms with E-state index in [4.69, 9.17) is 0 Å². The Morgan fingerprint density at radius 2 is 2.00 bits per heavy atom. The number of aryl methyl sites for hydroxylation is 1. The second-order valence-electron chi connectivity index (χ2n) is 5.67. The Morgan fingerprint density at radius 1 is 1.26 bits per heavy atom. The summed E-state index contributed by atoms with van der Waals surface area (Å²) in [5.74, 6) is -0.939. The van der Waals surface area contributed by atoms with Crippen LogP contribution in [0.1, 0.15) is 40.6 Å². The standard InChI is InChI=1S/C14H17N5O2.2ClH/c20-14(21)12-9-1-2-11-10(7-16-17-11)13(9)19(18-12)8-3-5-15-6-4-8;;/h7-8,15H,1-6H2,(H,16,17)(H,20,21);2*1H. The molecular formula is C14H19Cl2N5O2. The highest BCUT2D eigenvalue weighted by atomic mass is 35.5. The van der Waals surface area contributed by atoms with E-state index in [-0.39, 0.29) is 36.5 Å². The van der Waals surface area contributed by atoms with Crippen molar-refractivity contribution >= 4 is 30.8 Å². The predicted molar refractivity (Wildman–Crippen MR) is 89.8 cm³/mol. The van der Waals surface area contributed by atoms with Gasteiger partial charge in [0, 0.05) is 16.8 Å². The van der Waals surface area contributed by atoms with E-state index in [9.17, 15) is 9.90 Å². The molecule has 23 heavy (non-hydrogen) atoms. The third-order valence-corrected chi connectivity index (χ3v) is 4.46. The van der Waals surface area contributed by atoms with Gasteiger partial charge >= 0.3 is 5.97 Å². The maximum atomic E-state index is 11.5. The Hall–Kier alpha value is -1.57. The van der Waals surface area contributed by atoms with Crippen molar-refractivity contribution in [1.82, 2.24) is 25.3 Å². The minimum atomic E-state index is -0.939. The largest absolute Gasteiger partial charge is 0.476 e. The van der Waals surface area contributed by atoms with Gasteiger partial charge in [-0.1, -0.05) is 0 Å². The van der Waals surface area contributed by atoms with Gasteiger partial charge in [0.05, 0.1) is 17.9 Å². The summed E-state index contributed by atoms with van der Waals surface area (Å²) in [7, 11) is 0. The zero-order valence-electron chi connectivity index (χ0n) is 12.4. The number of carboxylic acid groups (broad SMARTS) is 1. The van der Waals surface area contributed by atoms with Gasteiger partial charge in [-0.15, -0.1) is 24.8 Å². The number of aromatic carboxylic acids is 1. The van der Waals surface area contributed by atoms with Crippen molar-refractivity contribution in [2.24, 2.45) is 0 Å². The molecule has 126 valence electrons. The van der Waals surface area contributed by atoms with Crippen LogP contribution in [0.5, 0.6) is 0 Å². The second kappa shape index (κ2) is 6.90. The van der Waals surface area contributed by atoms with Crippen molar-refractivity contribution in [2.45, 2.75) is 31.7 Å². The first-order valence-electron chi connectivity index (χ1n) is 7.33. The van der Waals surface area contributed by atoms with Gasteiger partial charge < -0.3 is 10.4 Å². The lowest BCUT2D eigenvalue weighted by Crippen LogP contribution is -2.30. The minimum absolute atomic E-state index is 0. The van der Waals surface area contributed by atoms with Crippen LogP contribution >= 0.6 is 24.8 Å². The van der Waals surface area contributed by atoms with Gasteiger partial charge in [0.2, 0.25) is 0 Å². The number of aromatic amines is 1. The molecule has 1 fully saturated rings. The SMILES string of the molecule is Cl.Cl.O=C(O)c1nn(C2CCNCC2)c2c1CCc1[nH]ncc1-2. The van der Waals surface area contributed by atoms with Crippen molar-refractivity contribution in [2.75, 3.05) is 13.1 Å². The molecule has 0 saturated carbocycles. The number of H-pyrrole nitrogens is 1. The molecule has 3 N–H and O–H groups in total. The fourth-order valence-electron chi connectivity index (χ4n) is 3.44. The van der Waals surface area contributed by atoms with Crippen LogP contribution in [0.25, 0.3) is 11.3 Å². The molecule has 7 nitrogen and oxygen atoms in total. The minimum Gasteiger partial charge on any atom is -0.476 e. The summed E-state index contributed by atoms with van der Waals surface area (Å²) in [6.45, 7) is 1.89. The van der Waals surface area contributed by atoms with E-state index in [1.165, 1.54) is 0 Å². The molecule has 2 aromatic heterocycles. The van der Waals surface area contributed by atoms with Crippen molar-refractivity contribution < 1.29 is 9.90 Å². The zero-order valence-corrected chi connectivity index (χ0v) is 14.0. The highest BCUT2D eigenvalue weighted by Gasteiger charge is 2.31. The smallest absolute Gasteiger partial charge is 0.356 e. The number of nitrogens with zero attached hydrogens (tertiary/aromatic N) is 3. The van der Waals surface area contributed by atoms with Gasteiger partial charge in [0.25, 0.3) is 0 Å². The average Bonchev–Trinajstić information content (AvgIpc) is 3.11. The zero-order chi connectivity index (χ0) is 14.4. The third-order valence-electron chi connectivity index (χ3n) is 4.46. The molecule has 4 rings (SSSR count). The van der Waals surface area contributed by atoms with E-state index in [0.717, 1.165) is 54.9 Å². The molecule has 2 aliphatic rings. The summed E-state index contributed by atoms with van der Waals surface area (Å²) >= 11 is 0. The fraction of sp³-hybridized carbons (Fsp3) is 0.500. The molecule has 1 saturated heterocycles. The summed E-state index contributed by atoms with van der Waals surface area (Å²) in [4.78, 5) is 11.5. The number of nitrogens with one attached hydrogen (secondary N) is 2. The molecule has 0 unspecified atom stereocenters. The van der Waals surface area contributed by atoms with E-state index < -0.39 is 5.97 Å². The maximum absolute atomic E-state index is 11.5. The molecule has 3 heterocycles. The molecule has 0 bridgehead atoms.